The number of guanidine groups is 2. The highest BCUT2D eigenvalue weighted by atomic mass is 35.5. The SMILES string of the molecule is Cl.N#Cc1ccc(NC(=N)NC(=N)N)cc1. The first-order chi connectivity index (χ1) is 7.11. The van der Waals surface area contributed by atoms with Crippen LogP contribution in [0.1, 0.15) is 5.56 Å². The lowest BCUT2D eigenvalue weighted by atomic mass is 10.2. The van der Waals surface area contributed by atoms with Crippen molar-refractivity contribution in [1.29, 1.82) is 16.1 Å². The zero-order valence-corrected chi connectivity index (χ0v) is 9.06. The third-order valence-electron chi connectivity index (χ3n) is 1.54. The molecule has 0 heterocycles. The molecule has 6 nitrogen and oxygen atoms in total. The molecule has 0 atom stereocenters. The van der Waals surface area contributed by atoms with E-state index in [1.54, 1.807) is 24.3 Å². The smallest absolute Gasteiger partial charge is 0.199 e. The van der Waals surface area contributed by atoms with Gasteiger partial charge in [-0.25, -0.2) is 0 Å². The standard InChI is InChI=1S/C9H10N6.ClH/c10-5-6-1-3-7(4-2-6)14-9(13)15-8(11)12;/h1-4H,(H6,11,12,13,14,15);1H. The van der Waals surface area contributed by atoms with E-state index in [9.17, 15) is 0 Å². The largest absolute Gasteiger partial charge is 0.370 e. The Morgan fingerprint density at radius 1 is 1.25 bits per heavy atom. The number of nitriles is 1. The second-order valence-electron chi connectivity index (χ2n) is 2.73. The van der Waals surface area contributed by atoms with Crippen LogP contribution in [-0.4, -0.2) is 11.9 Å². The van der Waals surface area contributed by atoms with Crippen molar-refractivity contribution in [3.05, 3.63) is 29.8 Å². The summed E-state index contributed by atoms with van der Waals surface area (Å²) < 4.78 is 0. The monoisotopic (exact) mass is 238 g/mol. The number of hydrogen-bond donors (Lipinski definition) is 5. The van der Waals surface area contributed by atoms with Crippen LogP contribution < -0.4 is 16.4 Å². The highest BCUT2D eigenvalue weighted by molar-refractivity contribution is 6.02. The highest BCUT2D eigenvalue weighted by Gasteiger charge is 1.98. The Labute approximate surface area is 98.9 Å². The number of rotatable bonds is 1. The molecule has 16 heavy (non-hydrogen) atoms. The lowest BCUT2D eigenvalue weighted by molar-refractivity contribution is 1.20. The molecule has 0 saturated carbocycles. The number of anilines is 1. The fourth-order valence-corrected chi connectivity index (χ4v) is 0.938. The fourth-order valence-electron chi connectivity index (χ4n) is 0.938. The Bertz CT molecular complexity index is 419. The summed E-state index contributed by atoms with van der Waals surface area (Å²) in [7, 11) is 0. The molecule has 1 aromatic rings. The van der Waals surface area contributed by atoms with E-state index < -0.39 is 0 Å². The predicted molar refractivity (Wildman–Crippen MR) is 64.8 cm³/mol. The van der Waals surface area contributed by atoms with Gasteiger partial charge in [0.05, 0.1) is 11.6 Å². The number of nitrogens with two attached hydrogens (primary N) is 1. The van der Waals surface area contributed by atoms with Crippen LogP contribution in [0.5, 0.6) is 0 Å². The summed E-state index contributed by atoms with van der Waals surface area (Å²) >= 11 is 0. The molecule has 0 bridgehead atoms. The normalized spacial score (nSPS) is 8.19. The van der Waals surface area contributed by atoms with Crippen molar-refractivity contribution < 1.29 is 0 Å². The fraction of sp³-hybridized carbons (Fsp3) is 0. The van der Waals surface area contributed by atoms with Gasteiger partial charge < -0.3 is 11.1 Å². The van der Waals surface area contributed by atoms with Crippen LogP contribution in [0.3, 0.4) is 0 Å². The molecule has 0 fully saturated rings. The third kappa shape index (κ3) is 4.30. The third-order valence-corrected chi connectivity index (χ3v) is 1.54. The maximum absolute atomic E-state index is 8.56. The summed E-state index contributed by atoms with van der Waals surface area (Å²) in [6, 6.07) is 8.57. The molecule has 6 N–H and O–H groups in total. The molecular weight excluding hydrogens is 228 g/mol. The van der Waals surface area contributed by atoms with Crippen LogP contribution in [-0.2, 0) is 0 Å². The molecule has 84 valence electrons. The molecule has 0 unspecified atom stereocenters. The number of nitrogens with zero attached hydrogens (tertiary/aromatic N) is 1. The van der Waals surface area contributed by atoms with Crippen LogP contribution in [0.25, 0.3) is 0 Å². The molecule has 0 aromatic heterocycles. The van der Waals surface area contributed by atoms with E-state index in [1.165, 1.54) is 0 Å². The zero-order valence-electron chi connectivity index (χ0n) is 8.24. The van der Waals surface area contributed by atoms with Crippen LogP contribution in [0.4, 0.5) is 5.69 Å². The van der Waals surface area contributed by atoms with Gasteiger partial charge in [-0.05, 0) is 24.3 Å². The van der Waals surface area contributed by atoms with Crippen molar-refractivity contribution in [2.45, 2.75) is 0 Å². The summed E-state index contributed by atoms with van der Waals surface area (Å²) in [6.07, 6.45) is 0. The maximum atomic E-state index is 8.56. The Morgan fingerprint density at radius 3 is 2.25 bits per heavy atom. The summed E-state index contributed by atoms with van der Waals surface area (Å²) in [4.78, 5) is 0. The topological polar surface area (TPSA) is 122 Å². The summed E-state index contributed by atoms with van der Waals surface area (Å²) in [5, 5.41) is 27.8. The number of hydrogen-bond acceptors (Lipinski definition) is 3. The predicted octanol–water partition coefficient (Wildman–Crippen LogP) is 0.810. The van der Waals surface area contributed by atoms with Gasteiger partial charge in [-0.1, -0.05) is 0 Å². The van der Waals surface area contributed by atoms with Gasteiger partial charge in [0.15, 0.2) is 11.9 Å². The van der Waals surface area contributed by atoms with Gasteiger partial charge in [0.2, 0.25) is 0 Å². The molecule has 7 heteroatoms. The summed E-state index contributed by atoms with van der Waals surface area (Å²) in [5.74, 6) is -0.395. The van der Waals surface area contributed by atoms with Crippen molar-refractivity contribution in [3.63, 3.8) is 0 Å². The van der Waals surface area contributed by atoms with Crippen molar-refractivity contribution in [3.8, 4) is 6.07 Å². The molecule has 0 aliphatic rings. The quantitative estimate of drug-likeness (QED) is 0.367. The molecular formula is C9H11ClN6. The molecule has 1 aromatic carbocycles. The minimum absolute atomic E-state index is 0. The second kappa shape index (κ2) is 6.27. The minimum atomic E-state index is -0.304. The molecule has 0 amide bonds. The van der Waals surface area contributed by atoms with Crippen molar-refractivity contribution in [2.24, 2.45) is 5.73 Å². The average Bonchev–Trinajstić information content (AvgIpc) is 2.17. The Kier molecular flexibility index (Phi) is 5.38. The molecule has 0 radical (unpaired) electrons. The number of nitrogens with one attached hydrogen (secondary N) is 4. The van der Waals surface area contributed by atoms with Crippen molar-refractivity contribution in [2.75, 3.05) is 5.32 Å². The Morgan fingerprint density at radius 2 is 1.81 bits per heavy atom. The van der Waals surface area contributed by atoms with E-state index in [-0.39, 0.29) is 24.3 Å². The zero-order chi connectivity index (χ0) is 11.3. The van der Waals surface area contributed by atoms with Gasteiger partial charge >= 0.3 is 0 Å². The Hall–Kier alpha value is -2.26. The lowest BCUT2D eigenvalue weighted by Crippen LogP contribution is -2.39. The first-order valence-corrected chi connectivity index (χ1v) is 4.08. The molecule has 0 saturated heterocycles. The number of halogens is 1. The summed E-state index contributed by atoms with van der Waals surface area (Å²) in [5.41, 5.74) is 6.23. The lowest BCUT2D eigenvalue weighted by Gasteiger charge is -2.08. The van der Waals surface area contributed by atoms with E-state index in [2.05, 4.69) is 10.6 Å². The second-order valence-corrected chi connectivity index (χ2v) is 2.73. The van der Waals surface area contributed by atoms with Crippen LogP contribution in [0, 0.1) is 22.1 Å². The van der Waals surface area contributed by atoms with Gasteiger partial charge in [-0.2, -0.15) is 5.26 Å². The Balaban J connectivity index is 0.00000225. The van der Waals surface area contributed by atoms with Crippen LogP contribution >= 0.6 is 12.4 Å². The number of benzene rings is 1. The first kappa shape index (κ1) is 13.7. The van der Waals surface area contributed by atoms with Gasteiger partial charge in [-0.15, -0.1) is 12.4 Å². The van der Waals surface area contributed by atoms with Gasteiger partial charge in [0, 0.05) is 5.69 Å². The molecule has 0 aliphatic heterocycles. The summed E-state index contributed by atoms with van der Waals surface area (Å²) in [6.45, 7) is 0. The van der Waals surface area contributed by atoms with E-state index in [4.69, 9.17) is 21.8 Å². The minimum Gasteiger partial charge on any atom is -0.370 e. The molecule has 1 rings (SSSR count). The van der Waals surface area contributed by atoms with Crippen molar-refractivity contribution >= 4 is 30.0 Å². The van der Waals surface area contributed by atoms with E-state index in [0.717, 1.165) is 0 Å². The molecule has 0 spiro atoms. The maximum Gasteiger partial charge on any atom is 0.199 e. The van der Waals surface area contributed by atoms with Gasteiger partial charge in [0.25, 0.3) is 0 Å². The first-order valence-electron chi connectivity index (χ1n) is 4.08. The van der Waals surface area contributed by atoms with Crippen LogP contribution in [0.15, 0.2) is 24.3 Å². The van der Waals surface area contributed by atoms with E-state index in [1.807, 2.05) is 6.07 Å². The van der Waals surface area contributed by atoms with E-state index in [0.29, 0.717) is 11.3 Å². The van der Waals surface area contributed by atoms with Crippen molar-refractivity contribution in [1.82, 2.24) is 5.32 Å². The highest BCUT2D eigenvalue weighted by Crippen LogP contribution is 2.07. The van der Waals surface area contributed by atoms with E-state index >= 15 is 0 Å². The van der Waals surface area contributed by atoms with Gasteiger partial charge in [0.1, 0.15) is 0 Å². The van der Waals surface area contributed by atoms with Crippen LogP contribution in [0.2, 0.25) is 0 Å². The average molecular weight is 239 g/mol. The van der Waals surface area contributed by atoms with Gasteiger partial charge in [-0.3, -0.25) is 16.1 Å². The molecule has 0 aliphatic carbocycles.